The standard InChI is InChI=1S/C6H8S/c1-2-3-6-4-7-5-6/h1,6H,3-5H2. The van der Waals surface area contributed by atoms with E-state index < -0.39 is 0 Å². The molecule has 0 bridgehead atoms. The van der Waals surface area contributed by atoms with Crippen LogP contribution in [0.5, 0.6) is 0 Å². The lowest BCUT2D eigenvalue weighted by Crippen LogP contribution is -2.16. The van der Waals surface area contributed by atoms with E-state index >= 15 is 0 Å². The maximum atomic E-state index is 5.08. The molecule has 1 saturated heterocycles. The second-order valence-electron chi connectivity index (χ2n) is 1.81. The van der Waals surface area contributed by atoms with E-state index in [1.807, 2.05) is 11.8 Å². The van der Waals surface area contributed by atoms with Crippen LogP contribution < -0.4 is 0 Å². The minimum Gasteiger partial charge on any atom is -0.161 e. The lowest BCUT2D eigenvalue weighted by Gasteiger charge is -2.21. The molecule has 0 spiro atoms. The Kier molecular flexibility index (Phi) is 1.64. The van der Waals surface area contributed by atoms with Gasteiger partial charge in [0, 0.05) is 6.42 Å². The lowest BCUT2D eigenvalue weighted by atomic mass is 10.1. The Labute approximate surface area is 48.7 Å². The molecule has 0 amide bonds. The van der Waals surface area contributed by atoms with Crippen LogP contribution in [-0.2, 0) is 0 Å². The Morgan fingerprint density at radius 3 is 2.57 bits per heavy atom. The molecule has 0 N–H and O–H groups in total. The van der Waals surface area contributed by atoms with E-state index in [2.05, 4.69) is 5.92 Å². The van der Waals surface area contributed by atoms with Crippen LogP contribution >= 0.6 is 11.8 Å². The lowest BCUT2D eigenvalue weighted by molar-refractivity contribution is 0.665. The number of hydrogen-bond donors (Lipinski definition) is 0. The first-order chi connectivity index (χ1) is 3.43. The summed E-state index contributed by atoms with van der Waals surface area (Å²) in [6, 6.07) is 0. The molecule has 38 valence electrons. The molecule has 0 aliphatic carbocycles. The van der Waals surface area contributed by atoms with Crippen molar-refractivity contribution in [1.82, 2.24) is 0 Å². The average Bonchev–Trinajstić information content (AvgIpc) is 1.55. The van der Waals surface area contributed by atoms with Gasteiger partial charge in [-0.05, 0) is 17.4 Å². The first-order valence-corrected chi connectivity index (χ1v) is 3.60. The number of terminal acetylenes is 1. The Balaban J connectivity index is 2.06. The van der Waals surface area contributed by atoms with Crippen molar-refractivity contribution in [2.45, 2.75) is 6.42 Å². The third kappa shape index (κ3) is 1.14. The van der Waals surface area contributed by atoms with Crippen molar-refractivity contribution in [2.75, 3.05) is 11.5 Å². The summed E-state index contributed by atoms with van der Waals surface area (Å²) in [5.41, 5.74) is 0. The van der Waals surface area contributed by atoms with E-state index in [9.17, 15) is 0 Å². The van der Waals surface area contributed by atoms with Crippen LogP contribution in [0.3, 0.4) is 0 Å². The Bertz CT molecular complexity index is 86.8. The van der Waals surface area contributed by atoms with Gasteiger partial charge in [-0.2, -0.15) is 11.8 Å². The third-order valence-corrected chi connectivity index (χ3v) is 2.53. The molecule has 1 aliphatic heterocycles. The molecule has 0 unspecified atom stereocenters. The van der Waals surface area contributed by atoms with Crippen molar-refractivity contribution in [3.63, 3.8) is 0 Å². The molecule has 0 aromatic carbocycles. The molecular formula is C6H8S. The summed E-state index contributed by atoms with van der Waals surface area (Å²) < 4.78 is 0. The highest BCUT2D eigenvalue weighted by atomic mass is 32.2. The van der Waals surface area contributed by atoms with Gasteiger partial charge in [-0.1, -0.05) is 0 Å². The molecule has 0 saturated carbocycles. The quantitative estimate of drug-likeness (QED) is 0.462. The zero-order valence-electron chi connectivity index (χ0n) is 4.18. The normalized spacial score (nSPS) is 20.4. The first-order valence-electron chi connectivity index (χ1n) is 2.44. The summed E-state index contributed by atoms with van der Waals surface area (Å²) in [5.74, 6) is 6.10. The van der Waals surface area contributed by atoms with Gasteiger partial charge < -0.3 is 0 Å². The third-order valence-electron chi connectivity index (χ3n) is 1.11. The summed E-state index contributed by atoms with van der Waals surface area (Å²) in [4.78, 5) is 0. The van der Waals surface area contributed by atoms with E-state index in [1.54, 1.807) is 0 Å². The highest BCUT2D eigenvalue weighted by molar-refractivity contribution is 8.00. The van der Waals surface area contributed by atoms with Gasteiger partial charge in [-0.15, -0.1) is 12.3 Å². The Morgan fingerprint density at radius 1 is 1.71 bits per heavy atom. The smallest absolute Gasteiger partial charge is 0.0130 e. The minimum absolute atomic E-state index is 0.856. The van der Waals surface area contributed by atoms with E-state index in [1.165, 1.54) is 11.5 Å². The van der Waals surface area contributed by atoms with Crippen LogP contribution in [0.1, 0.15) is 6.42 Å². The van der Waals surface area contributed by atoms with E-state index in [-0.39, 0.29) is 0 Å². The molecular weight excluding hydrogens is 104 g/mol. The summed E-state index contributed by atoms with van der Waals surface area (Å²) >= 11 is 1.99. The number of rotatable bonds is 1. The van der Waals surface area contributed by atoms with Gasteiger partial charge in [-0.25, -0.2) is 0 Å². The van der Waals surface area contributed by atoms with Crippen molar-refractivity contribution in [2.24, 2.45) is 5.92 Å². The van der Waals surface area contributed by atoms with Gasteiger partial charge in [0.25, 0.3) is 0 Å². The highest BCUT2D eigenvalue weighted by Gasteiger charge is 2.15. The molecule has 0 radical (unpaired) electrons. The van der Waals surface area contributed by atoms with Crippen LogP contribution in [0.2, 0.25) is 0 Å². The van der Waals surface area contributed by atoms with Gasteiger partial charge in [0.05, 0.1) is 0 Å². The summed E-state index contributed by atoms with van der Waals surface area (Å²) in [6.07, 6.45) is 6.07. The SMILES string of the molecule is C#CCC1CSC1. The molecule has 1 aliphatic rings. The maximum Gasteiger partial charge on any atom is 0.0130 e. The van der Waals surface area contributed by atoms with Crippen LogP contribution in [0.15, 0.2) is 0 Å². The van der Waals surface area contributed by atoms with E-state index in [0.717, 1.165) is 12.3 Å². The van der Waals surface area contributed by atoms with Gasteiger partial charge in [0.15, 0.2) is 0 Å². The molecule has 0 aromatic rings. The van der Waals surface area contributed by atoms with Gasteiger partial charge in [0.2, 0.25) is 0 Å². The summed E-state index contributed by atoms with van der Waals surface area (Å²) in [5, 5.41) is 0. The largest absolute Gasteiger partial charge is 0.161 e. The predicted molar refractivity (Wildman–Crippen MR) is 34.3 cm³/mol. The van der Waals surface area contributed by atoms with E-state index in [4.69, 9.17) is 6.42 Å². The van der Waals surface area contributed by atoms with Gasteiger partial charge >= 0.3 is 0 Å². The molecule has 1 heterocycles. The molecule has 7 heavy (non-hydrogen) atoms. The Morgan fingerprint density at radius 2 is 2.43 bits per heavy atom. The second kappa shape index (κ2) is 2.28. The molecule has 0 nitrogen and oxygen atoms in total. The first kappa shape index (κ1) is 5.05. The summed E-state index contributed by atoms with van der Waals surface area (Å²) in [7, 11) is 0. The molecule has 1 heteroatoms. The zero-order chi connectivity index (χ0) is 5.11. The summed E-state index contributed by atoms with van der Waals surface area (Å²) in [6.45, 7) is 0. The monoisotopic (exact) mass is 112 g/mol. The minimum atomic E-state index is 0.856. The molecule has 0 aromatic heterocycles. The number of thioether (sulfide) groups is 1. The maximum absolute atomic E-state index is 5.08. The second-order valence-corrected chi connectivity index (χ2v) is 2.89. The average molecular weight is 112 g/mol. The van der Waals surface area contributed by atoms with Gasteiger partial charge in [-0.3, -0.25) is 0 Å². The number of hydrogen-bond acceptors (Lipinski definition) is 1. The fraction of sp³-hybridized carbons (Fsp3) is 0.667. The van der Waals surface area contributed by atoms with Crippen LogP contribution in [0.4, 0.5) is 0 Å². The van der Waals surface area contributed by atoms with Crippen LogP contribution in [0, 0.1) is 18.3 Å². The fourth-order valence-electron chi connectivity index (χ4n) is 0.569. The zero-order valence-corrected chi connectivity index (χ0v) is 5.00. The van der Waals surface area contributed by atoms with Crippen molar-refractivity contribution >= 4 is 11.8 Å². The highest BCUT2D eigenvalue weighted by Crippen LogP contribution is 2.26. The van der Waals surface area contributed by atoms with Crippen molar-refractivity contribution in [1.29, 1.82) is 0 Å². The van der Waals surface area contributed by atoms with Crippen LogP contribution in [0.25, 0.3) is 0 Å². The fourth-order valence-corrected chi connectivity index (χ4v) is 1.37. The Hall–Kier alpha value is -0.0900. The van der Waals surface area contributed by atoms with Crippen LogP contribution in [-0.4, -0.2) is 11.5 Å². The predicted octanol–water partition coefficient (Wildman–Crippen LogP) is 1.37. The topological polar surface area (TPSA) is 0 Å². The van der Waals surface area contributed by atoms with Crippen molar-refractivity contribution in [3.8, 4) is 12.3 Å². The van der Waals surface area contributed by atoms with Crippen molar-refractivity contribution in [3.05, 3.63) is 0 Å². The molecule has 1 fully saturated rings. The van der Waals surface area contributed by atoms with Crippen molar-refractivity contribution < 1.29 is 0 Å². The molecule has 1 rings (SSSR count). The van der Waals surface area contributed by atoms with E-state index in [0.29, 0.717) is 0 Å². The molecule has 0 atom stereocenters. The van der Waals surface area contributed by atoms with Gasteiger partial charge in [0.1, 0.15) is 0 Å².